The second-order valence-corrected chi connectivity index (χ2v) is 4.80. The summed E-state index contributed by atoms with van der Waals surface area (Å²) in [5.41, 5.74) is 4.27. The average Bonchev–Trinajstić information content (AvgIpc) is 3.12. The van der Waals surface area contributed by atoms with E-state index < -0.39 is 0 Å². The molecule has 0 aromatic carbocycles. The maximum Gasteiger partial charge on any atom is 0.152 e. The zero-order valence-corrected chi connectivity index (χ0v) is 11.5. The van der Waals surface area contributed by atoms with Gasteiger partial charge in [0.15, 0.2) is 5.76 Å². The third kappa shape index (κ3) is 2.50. The van der Waals surface area contributed by atoms with Crippen molar-refractivity contribution in [3.05, 3.63) is 47.1 Å². The molecule has 0 radical (unpaired) electrons. The molecule has 0 aliphatic rings. The third-order valence-electron chi connectivity index (χ3n) is 3.27. The van der Waals surface area contributed by atoms with Crippen LogP contribution < -0.4 is 5.32 Å². The highest BCUT2D eigenvalue weighted by atomic mass is 16.3. The average molecular weight is 271 g/mol. The molecule has 20 heavy (non-hydrogen) atoms. The van der Waals surface area contributed by atoms with Gasteiger partial charge in [-0.2, -0.15) is 10.2 Å². The van der Waals surface area contributed by atoms with E-state index >= 15 is 0 Å². The summed E-state index contributed by atoms with van der Waals surface area (Å²) in [6.45, 7) is 5.43. The van der Waals surface area contributed by atoms with Crippen LogP contribution in [0.2, 0.25) is 0 Å². The molecule has 0 aliphatic heterocycles. The Morgan fingerprint density at radius 2 is 1.80 bits per heavy atom. The molecule has 3 rings (SSSR count). The van der Waals surface area contributed by atoms with Gasteiger partial charge in [-0.3, -0.25) is 10.2 Å². The Morgan fingerprint density at radius 1 is 1.05 bits per heavy atom. The molecule has 0 aliphatic carbocycles. The van der Waals surface area contributed by atoms with Crippen LogP contribution in [0.3, 0.4) is 0 Å². The van der Waals surface area contributed by atoms with Crippen LogP contribution in [0.1, 0.15) is 22.6 Å². The summed E-state index contributed by atoms with van der Waals surface area (Å²) in [6, 6.07) is 3.90. The SMILES string of the molecule is Cc1ccc(-c2[nH]ncc2CNCc2cn[nH]c2C)o1. The van der Waals surface area contributed by atoms with Gasteiger partial charge >= 0.3 is 0 Å². The van der Waals surface area contributed by atoms with Gasteiger partial charge in [-0.05, 0) is 26.0 Å². The summed E-state index contributed by atoms with van der Waals surface area (Å²) in [5.74, 6) is 1.71. The minimum Gasteiger partial charge on any atom is -0.460 e. The molecular formula is C14H17N5O. The lowest BCUT2D eigenvalue weighted by Gasteiger charge is -2.04. The van der Waals surface area contributed by atoms with Crippen molar-refractivity contribution in [3.63, 3.8) is 0 Å². The smallest absolute Gasteiger partial charge is 0.152 e. The fourth-order valence-corrected chi connectivity index (χ4v) is 2.11. The van der Waals surface area contributed by atoms with Gasteiger partial charge in [0.1, 0.15) is 11.5 Å². The van der Waals surface area contributed by atoms with E-state index in [1.54, 1.807) is 0 Å². The van der Waals surface area contributed by atoms with Gasteiger partial charge in [0.2, 0.25) is 0 Å². The number of hydrogen-bond acceptors (Lipinski definition) is 4. The van der Waals surface area contributed by atoms with Crippen LogP contribution >= 0.6 is 0 Å². The number of furan rings is 1. The number of nitrogens with one attached hydrogen (secondary N) is 3. The standard InChI is InChI=1S/C14H17N5O/c1-9-3-4-13(20-9)14-12(8-17-19-14)6-15-5-11-7-16-18-10(11)2/h3-4,7-8,15H,5-6H2,1-2H3,(H,16,18)(H,17,19). The fourth-order valence-electron chi connectivity index (χ4n) is 2.11. The van der Waals surface area contributed by atoms with Crippen molar-refractivity contribution in [2.24, 2.45) is 0 Å². The van der Waals surface area contributed by atoms with E-state index in [1.165, 1.54) is 5.56 Å². The predicted molar refractivity (Wildman–Crippen MR) is 74.9 cm³/mol. The predicted octanol–water partition coefficient (Wildman–Crippen LogP) is 2.30. The Labute approximate surface area is 116 Å². The van der Waals surface area contributed by atoms with E-state index in [1.807, 2.05) is 38.4 Å². The number of rotatable bonds is 5. The van der Waals surface area contributed by atoms with Crippen LogP contribution in [0.15, 0.2) is 28.9 Å². The first-order valence-electron chi connectivity index (χ1n) is 6.52. The number of aryl methyl sites for hydroxylation is 2. The molecule has 104 valence electrons. The molecule has 0 fully saturated rings. The Bertz CT molecular complexity index is 694. The van der Waals surface area contributed by atoms with Gasteiger partial charge < -0.3 is 9.73 Å². The Kier molecular flexibility index (Phi) is 3.39. The van der Waals surface area contributed by atoms with E-state index in [9.17, 15) is 0 Å². The summed E-state index contributed by atoms with van der Waals surface area (Å²) in [7, 11) is 0. The van der Waals surface area contributed by atoms with E-state index in [4.69, 9.17) is 4.42 Å². The Balaban J connectivity index is 1.67. The second-order valence-electron chi connectivity index (χ2n) is 4.80. The van der Waals surface area contributed by atoms with Gasteiger partial charge in [0.05, 0.1) is 12.4 Å². The zero-order valence-electron chi connectivity index (χ0n) is 11.5. The summed E-state index contributed by atoms with van der Waals surface area (Å²) in [4.78, 5) is 0. The Hall–Kier alpha value is -2.34. The van der Waals surface area contributed by atoms with Crippen LogP contribution in [-0.2, 0) is 13.1 Å². The van der Waals surface area contributed by atoms with E-state index in [0.717, 1.165) is 41.6 Å². The molecule has 0 bridgehead atoms. The van der Waals surface area contributed by atoms with Crippen LogP contribution in [0.5, 0.6) is 0 Å². The molecule has 0 amide bonds. The topological polar surface area (TPSA) is 82.5 Å². The van der Waals surface area contributed by atoms with E-state index in [-0.39, 0.29) is 0 Å². The normalized spacial score (nSPS) is 11.1. The Morgan fingerprint density at radius 3 is 2.50 bits per heavy atom. The maximum absolute atomic E-state index is 5.63. The molecule has 3 N–H and O–H groups in total. The maximum atomic E-state index is 5.63. The second kappa shape index (κ2) is 5.34. The van der Waals surface area contributed by atoms with Gasteiger partial charge in [-0.15, -0.1) is 0 Å². The number of hydrogen-bond donors (Lipinski definition) is 3. The molecule has 3 aromatic heterocycles. The van der Waals surface area contributed by atoms with Crippen LogP contribution in [-0.4, -0.2) is 20.4 Å². The van der Waals surface area contributed by atoms with E-state index in [2.05, 4.69) is 25.7 Å². The van der Waals surface area contributed by atoms with Gasteiger partial charge in [0.25, 0.3) is 0 Å². The van der Waals surface area contributed by atoms with Crippen molar-refractivity contribution in [2.45, 2.75) is 26.9 Å². The molecule has 0 unspecified atom stereocenters. The molecule has 0 spiro atoms. The van der Waals surface area contributed by atoms with Gasteiger partial charge in [-0.1, -0.05) is 0 Å². The third-order valence-corrected chi connectivity index (χ3v) is 3.27. The van der Waals surface area contributed by atoms with Crippen molar-refractivity contribution >= 4 is 0 Å². The van der Waals surface area contributed by atoms with Gasteiger partial charge in [-0.25, -0.2) is 0 Å². The number of H-pyrrole nitrogens is 2. The summed E-state index contributed by atoms with van der Waals surface area (Å²) >= 11 is 0. The summed E-state index contributed by atoms with van der Waals surface area (Å²) in [5, 5.41) is 17.4. The molecule has 6 nitrogen and oxygen atoms in total. The molecule has 0 atom stereocenters. The highest BCUT2D eigenvalue weighted by molar-refractivity contribution is 5.56. The largest absolute Gasteiger partial charge is 0.460 e. The highest BCUT2D eigenvalue weighted by Gasteiger charge is 2.11. The molecule has 0 saturated heterocycles. The van der Waals surface area contributed by atoms with E-state index in [0.29, 0.717) is 0 Å². The lowest BCUT2D eigenvalue weighted by Crippen LogP contribution is -2.13. The van der Waals surface area contributed by atoms with Crippen molar-refractivity contribution in [3.8, 4) is 11.5 Å². The van der Waals surface area contributed by atoms with Crippen molar-refractivity contribution < 1.29 is 4.42 Å². The van der Waals surface area contributed by atoms with Crippen molar-refractivity contribution in [1.29, 1.82) is 0 Å². The van der Waals surface area contributed by atoms with Crippen molar-refractivity contribution in [1.82, 2.24) is 25.7 Å². The molecule has 3 heterocycles. The fraction of sp³-hybridized carbons (Fsp3) is 0.286. The van der Waals surface area contributed by atoms with Gasteiger partial charge in [0, 0.05) is 29.9 Å². The minimum atomic E-state index is 0.718. The van der Waals surface area contributed by atoms with Crippen molar-refractivity contribution in [2.75, 3.05) is 0 Å². The summed E-state index contributed by atoms with van der Waals surface area (Å²) in [6.07, 6.45) is 3.66. The molecule has 6 heteroatoms. The molecule has 3 aromatic rings. The summed E-state index contributed by atoms with van der Waals surface area (Å²) < 4.78 is 5.63. The van der Waals surface area contributed by atoms with Crippen LogP contribution in [0, 0.1) is 13.8 Å². The molecular weight excluding hydrogens is 254 g/mol. The highest BCUT2D eigenvalue weighted by Crippen LogP contribution is 2.23. The number of aromatic amines is 2. The first-order valence-corrected chi connectivity index (χ1v) is 6.52. The monoisotopic (exact) mass is 271 g/mol. The quantitative estimate of drug-likeness (QED) is 0.665. The number of nitrogens with zero attached hydrogens (tertiary/aromatic N) is 2. The van der Waals surface area contributed by atoms with Crippen LogP contribution in [0.25, 0.3) is 11.5 Å². The lowest BCUT2D eigenvalue weighted by atomic mass is 10.2. The first kappa shape index (κ1) is 12.7. The molecule has 0 saturated carbocycles. The minimum absolute atomic E-state index is 0.718. The number of aromatic nitrogens is 4. The lowest BCUT2D eigenvalue weighted by molar-refractivity contribution is 0.545. The van der Waals surface area contributed by atoms with Crippen LogP contribution in [0.4, 0.5) is 0 Å². The first-order chi connectivity index (χ1) is 9.74. The zero-order chi connectivity index (χ0) is 13.9.